The predicted octanol–water partition coefficient (Wildman–Crippen LogP) is 3.01. The topological polar surface area (TPSA) is 67.2 Å². The Bertz CT molecular complexity index is 937. The van der Waals surface area contributed by atoms with E-state index in [1.54, 1.807) is 6.20 Å². The van der Waals surface area contributed by atoms with E-state index in [1.807, 2.05) is 59.8 Å². The molecule has 0 radical (unpaired) electrons. The molecule has 3 heterocycles. The van der Waals surface area contributed by atoms with Crippen molar-refractivity contribution in [1.82, 2.24) is 23.8 Å². The molecule has 0 aliphatic carbocycles. The third-order valence-electron chi connectivity index (χ3n) is 5.07. The van der Waals surface area contributed by atoms with Crippen molar-refractivity contribution in [3.63, 3.8) is 0 Å². The van der Waals surface area contributed by atoms with Gasteiger partial charge < -0.3 is 14.4 Å². The average molecular weight is 397 g/mol. The molecule has 8 heteroatoms. The van der Waals surface area contributed by atoms with Crippen LogP contribution in [0.3, 0.4) is 0 Å². The Morgan fingerprint density at radius 1 is 1.14 bits per heavy atom. The van der Waals surface area contributed by atoms with Crippen LogP contribution in [0.15, 0.2) is 42.7 Å². The summed E-state index contributed by atoms with van der Waals surface area (Å²) in [6.45, 7) is 6.98. The van der Waals surface area contributed by atoms with Gasteiger partial charge in [-0.25, -0.2) is 9.97 Å². The van der Waals surface area contributed by atoms with Gasteiger partial charge >= 0.3 is 0 Å². The molecule has 1 amide bonds. The molecule has 7 nitrogen and oxygen atoms in total. The molecule has 0 saturated carbocycles. The van der Waals surface area contributed by atoms with Crippen LogP contribution in [-0.2, 0) is 4.79 Å². The molecule has 2 aromatic heterocycles. The van der Waals surface area contributed by atoms with Crippen LogP contribution in [0.2, 0.25) is 0 Å². The summed E-state index contributed by atoms with van der Waals surface area (Å²) < 4.78 is 6.24. The maximum Gasteiger partial charge on any atom is 0.245 e. The molecule has 1 aromatic carbocycles. The first-order valence-corrected chi connectivity index (χ1v) is 10.3. The number of hydrogen-bond acceptors (Lipinski definition) is 6. The number of rotatable bonds is 4. The first-order chi connectivity index (χ1) is 13.6. The predicted molar refractivity (Wildman–Crippen MR) is 110 cm³/mol. The lowest BCUT2D eigenvalue weighted by Gasteiger charge is -2.26. The molecule has 1 saturated heterocycles. The van der Waals surface area contributed by atoms with Gasteiger partial charge in [0, 0.05) is 55.7 Å². The van der Waals surface area contributed by atoms with Crippen LogP contribution >= 0.6 is 11.5 Å². The van der Waals surface area contributed by atoms with Gasteiger partial charge in [0.1, 0.15) is 17.7 Å². The zero-order valence-corrected chi connectivity index (χ0v) is 17.0. The minimum Gasteiger partial charge on any atom is -0.345 e. The van der Waals surface area contributed by atoms with Gasteiger partial charge in [-0.2, -0.15) is 4.37 Å². The molecule has 1 atom stereocenters. The van der Waals surface area contributed by atoms with Crippen LogP contribution in [0.25, 0.3) is 11.4 Å². The second kappa shape index (κ2) is 8.10. The van der Waals surface area contributed by atoms with Gasteiger partial charge in [0.15, 0.2) is 0 Å². The Morgan fingerprint density at radius 2 is 1.96 bits per heavy atom. The summed E-state index contributed by atoms with van der Waals surface area (Å²) in [6, 6.07) is 9.69. The summed E-state index contributed by atoms with van der Waals surface area (Å²) >= 11 is 1.43. The largest absolute Gasteiger partial charge is 0.345 e. The molecule has 0 N–H and O–H groups in total. The number of imidazole rings is 1. The molecule has 0 bridgehead atoms. The van der Waals surface area contributed by atoms with Crippen molar-refractivity contribution >= 4 is 22.6 Å². The van der Waals surface area contributed by atoms with Crippen molar-refractivity contribution < 1.29 is 4.79 Å². The van der Waals surface area contributed by atoms with Crippen LogP contribution in [-0.4, -0.2) is 55.9 Å². The summed E-state index contributed by atoms with van der Waals surface area (Å²) in [4.78, 5) is 26.4. The van der Waals surface area contributed by atoms with Crippen LogP contribution in [0.5, 0.6) is 0 Å². The Balaban J connectivity index is 1.47. The van der Waals surface area contributed by atoms with Gasteiger partial charge in [-0.15, -0.1) is 0 Å². The molecular formula is C20H24N6OS. The smallest absolute Gasteiger partial charge is 0.245 e. The van der Waals surface area contributed by atoms with Gasteiger partial charge in [0.2, 0.25) is 11.0 Å². The summed E-state index contributed by atoms with van der Waals surface area (Å²) in [5.74, 6) is 1.76. The third kappa shape index (κ3) is 3.77. The number of amides is 1. The van der Waals surface area contributed by atoms with E-state index in [-0.39, 0.29) is 11.9 Å². The van der Waals surface area contributed by atoms with Crippen LogP contribution in [0.1, 0.15) is 25.2 Å². The number of aryl methyl sites for hydroxylation is 1. The fraction of sp³-hybridized carbons (Fsp3) is 0.400. The Hall–Kier alpha value is -2.74. The molecule has 28 heavy (non-hydrogen) atoms. The maximum atomic E-state index is 13.2. The van der Waals surface area contributed by atoms with E-state index >= 15 is 0 Å². The highest BCUT2D eigenvalue weighted by Crippen LogP contribution is 2.23. The first kappa shape index (κ1) is 18.6. The van der Waals surface area contributed by atoms with Gasteiger partial charge in [0.25, 0.3) is 0 Å². The van der Waals surface area contributed by atoms with Crippen molar-refractivity contribution in [2.45, 2.75) is 26.3 Å². The molecule has 4 rings (SSSR count). The zero-order chi connectivity index (χ0) is 19.5. The number of carbonyl (C=O) groups excluding carboxylic acids is 1. The minimum absolute atomic E-state index is 0.130. The minimum atomic E-state index is -0.298. The fourth-order valence-electron chi connectivity index (χ4n) is 3.56. The maximum absolute atomic E-state index is 13.2. The van der Waals surface area contributed by atoms with Crippen molar-refractivity contribution in [3.8, 4) is 11.4 Å². The zero-order valence-electron chi connectivity index (χ0n) is 16.2. The lowest BCUT2D eigenvalue weighted by molar-refractivity contribution is -0.134. The summed E-state index contributed by atoms with van der Waals surface area (Å²) in [5.41, 5.74) is 1.01. The summed E-state index contributed by atoms with van der Waals surface area (Å²) in [7, 11) is 0. The molecule has 1 aliphatic rings. The van der Waals surface area contributed by atoms with Gasteiger partial charge in [0.05, 0.1) is 0 Å². The third-order valence-corrected chi connectivity index (χ3v) is 5.94. The molecule has 1 fully saturated rings. The van der Waals surface area contributed by atoms with Crippen molar-refractivity contribution in [3.05, 3.63) is 48.5 Å². The number of carbonyl (C=O) groups is 1. The molecule has 1 aliphatic heterocycles. The highest BCUT2D eigenvalue weighted by Gasteiger charge is 2.26. The molecule has 0 spiro atoms. The number of benzene rings is 1. The van der Waals surface area contributed by atoms with Crippen LogP contribution < -0.4 is 4.90 Å². The summed E-state index contributed by atoms with van der Waals surface area (Å²) in [6.07, 6.45) is 4.57. The second-order valence-corrected chi connectivity index (χ2v) is 7.72. The van der Waals surface area contributed by atoms with Crippen molar-refractivity contribution in [2.24, 2.45) is 0 Å². The highest BCUT2D eigenvalue weighted by molar-refractivity contribution is 7.09. The number of nitrogens with zero attached hydrogens (tertiary/aromatic N) is 6. The van der Waals surface area contributed by atoms with Crippen LogP contribution in [0.4, 0.5) is 5.13 Å². The molecule has 146 valence electrons. The number of anilines is 1. The summed E-state index contributed by atoms with van der Waals surface area (Å²) in [5, 5.41) is 0.945. The Kier molecular flexibility index (Phi) is 5.38. The Morgan fingerprint density at radius 3 is 2.71 bits per heavy atom. The van der Waals surface area contributed by atoms with E-state index in [2.05, 4.69) is 19.2 Å². The molecule has 3 aromatic rings. The van der Waals surface area contributed by atoms with E-state index in [9.17, 15) is 4.79 Å². The van der Waals surface area contributed by atoms with E-state index in [0.29, 0.717) is 6.54 Å². The lowest BCUT2D eigenvalue weighted by atomic mass is 10.2. The SMILES string of the molecule is Cc1nsc(N2CCCN(C(=O)[C@@H](C)n3ccnc3-c3ccccc3)CC2)n1. The van der Waals surface area contributed by atoms with Gasteiger partial charge in [-0.1, -0.05) is 30.3 Å². The van der Waals surface area contributed by atoms with E-state index in [4.69, 9.17) is 0 Å². The van der Waals surface area contributed by atoms with E-state index in [1.165, 1.54) is 11.5 Å². The average Bonchev–Trinajstić information content (AvgIpc) is 3.31. The quantitative estimate of drug-likeness (QED) is 0.678. The standard InChI is InChI=1S/C20H24N6OS/c1-15(26-12-9-21-18(26)17-7-4-3-5-8-17)19(27)24-10-6-11-25(14-13-24)20-22-16(2)23-28-20/h3-5,7-9,12,15H,6,10-11,13-14H2,1-2H3/t15-/m1/s1. The van der Waals surface area contributed by atoms with Crippen molar-refractivity contribution in [1.29, 1.82) is 0 Å². The number of aromatic nitrogens is 4. The normalized spacial score (nSPS) is 16.1. The highest BCUT2D eigenvalue weighted by atomic mass is 32.1. The van der Waals surface area contributed by atoms with Crippen LogP contribution in [0, 0.1) is 6.92 Å². The first-order valence-electron chi connectivity index (χ1n) is 9.56. The van der Waals surface area contributed by atoms with Gasteiger partial charge in [-0.3, -0.25) is 4.79 Å². The van der Waals surface area contributed by atoms with Gasteiger partial charge in [-0.05, 0) is 20.3 Å². The van der Waals surface area contributed by atoms with E-state index < -0.39 is 0 Å². The monoisotopic (exact) mass is 396 g/mol. The lowest BCUT2D eigenvalue weighted by Crippen LogP contribution is -2.39. The Labute approximate surface area is 168 Å². The van der Waals surface area contributed by atoms with Crippen molar-refractivity contribution in [2.75, 3.05) is 31.1 Å². The molecule has 0 unspecified atom stereocenters. The number of hydrogen-bond donors (Lipinski definition) is 0. The molecular weight excluding hydrogens is 372 g/mol. The fourth-order valence-corrected chi connectivity index (χ4v) is 4.29. The van der Waals surface area contributed by atoms with E-state index in [0.717, 1.165) is 48.4 Å². The second-order valence-electron chi connectivity index (χ2n) is 6.99.